The van der Waals surface area contributed by atoms with E-state index < -0.39 is 46.1 Å². The number of ether oxygens (including phenoxy) is 2. The lowest BCUT2D eigenvalue weighted by molar-refractivity contribution is -0.153. The van der Waals surface area contributed by atoms with Crippen molar-refractivity contribution in [2.45, 2.75) is 57.1 Å². The van der Waals surface area contributed by atoms with Crippen LogP contribution >= 0.6 is 0 Å². The van der Waals surface area contributed by atoms with Gasteiger partial charge >= 0.3 is 12.1 Å². The highest BCUT2D eigenvalue weighted by Crippen LogP contribution is 2.26. The molecule has 178 valence electrons. The molecule has 0 spiro atoms. The monoisotopic (exact) mass is 477 g/mol. The van der Waals surface area contributed by atoms with E-state index in [1.165, 1.54) is 30.1 Å². The molecule has 0 radical (unpaired) electrons. The van der Waals surface area contributed by atoms with Gasteiger partial charge in [-0.05, 0) is 46.8 Å². The van der Waals surface area contributed by atoms with Gasteiger partial charge in [0.2, 0.25) is 0 Å². The molecule has 2 rings (SSSR count). The van der Waals surface area contributed by atoms with Crippen LogP contribution in [0.2, 0.25) is 0 Å². The van der Waals surface area contributed by atoms with Crippen LogP contribution in [0, 0.1) is 0 Å². The van der Waals surface area contributed by atoms with Crippen molar-refractivity contribution in [2.24, 2.45) is 0 Å². The van der Waals surface area contributed by atoms with Gasteiger partial charge in [-0.15, -0.1) is 5.10 Å². The van der Waals surface area contributed by atoms with Gasteiger partial charge < -0.3 is 9.47 Å². The lowest BCUT2D eigenvalue weighted by atomic mass is 10.1. The van der Waals surface area contributed by atoms with E-state index in [0.717, 1.165) is 6.20 Å². The van der Waals surface area contributed by atoms with E-state index in [0.29, 0.717) is 11.4 Å². The lowest BCUT2D eigenvalue weighted by Crippen LogP contribution is -2.37. The van der Waals surface area contributed by atoms with E-state index in [1.807, 2.05) is 0 Å². The molecular formula is C19H26F3N5O4S. The third-order valence-corrected chi connectivity index (χ3v) is 5.87. The third-order valence-electron chi connectivity index (χ3n) is 4.30. The highest BCUT2D eigenvalue weighted by Gasteiger charge is 2.34. The first-order valence-electron chi connectivity index (χ1n) is 9.50. The fraction of sp³-hybridized carbons (Fsp3) is 0.579. The second kappa shape index (κ2) is 9.53. The van der Waals surface area contributed by atoms with Crippen LogP contribution in [0.3, 0.4) is 0 Å². The highest BCUT2D eigenvalue weighted by atomic mass is 32.2. The SMILES string of the molecule is COC(=O)C(C)(C)n1cc([C@@H](N[S@@](=O)C(C)(C)C)c2ccc(OCC(F)(F)F)cn2)nn1. The predicted octanol–water partition coefficient (Wildman–Crippen LogP) is 2.66. The molecule has 0 amide bonds. The minimum Gasteiger partial charge on any atom is -0.483 e. The quantitative estimate of drug-likeness (QED) is 0.583. The zero-order valence-electron chi connectivity index (χ0n) is 18.6. The molecule has 2 aromatic heterocycles. The topological polar surface area (TPSA) is 108 Å². The summed E-state index contributed by atoms with van der Waals surface area (Å²) in [6.07, 6.45) is -1.85. The Morgan fingerprint density at radius 3 is 2.34 bits per heavy atom. The number of esters is 1. The molecule has 13 heteroatoms. The normalized spacial score (nSPS) is 14.7. The molecule has 2 atom stereocenters. The maximum atomic E-state index is 12.8. The lowest BCUT2D eigenvalue weighted by Gasteiger charge is -2.23. The number of carbonyl (C=O) groups excluding carboxylic acids is 1. The Morgan fingerprint density at radius 1 is 1.19 bits per heavy atom. The average molecular weight is 478 g/mol. The predicted molar refractivity (Wildman–Crippen MR) is 110 cm³/mol. The summed E-state index contributed by atoms with van der Waals surface area (Å²) in [6, 6.07) is 1.94. The molecular weight excluding hydrogens is 451 g/mol. The number of alkyl halides is 3. The zero-order valence-corrected chi connectivity index (χ0v) is 19.4. The summed E-state index contributed by atoms with van der Waals surface area (Å²) < 4.78 is 62.9. The number of nitrogens with one attached hydrogen (secondary N) is 1. The van der Waals surface area contributed by atoms with Gasteiger partial charge in [0.25, 0.3) is 0 Å². The first kappa shape index (κ1) is 25.7. The van der Waals surface area contributed by atoms with Crippen LogP contribution in [0.4, 0.5) is 13.2 Å². The molecule has 32 heavy (non-hydrogen) atoms. The Bertz CT molecular complexity index is 955. The zero-order chi connectivity index (χ0) is 24.3. The Hall–Kier alpha value is -2.54. The van der Waals surface area contributed by atoms with Crippen molar-refractivity contribution >= 4 is 17.0 Å². The number of nitrogens with zero attached hydrogens (tertiary/aromatic N) is 4. The third kappa shape index (κ3) is 6.48. The minimum absolute atomic E-state index is 0.0720. The van der Waals surface area contributed by atoms with Gasteiger partial charge in [0.1, 0.15) is 17.5 Å². The minimum atomic E-state index is -4.47. The van der Waals surface area contributed by atoms with Crippen molar-refractivity contribution in [2.75, 3.05) is 13.7 Å². The molecule has 0 saturated carbocycles. The van der Waals surface area contributed by atoms with Gasteiger partial charge in [-0.25, -0.2) is 18.4 Å². The van der Waals surface area contributed by atoms with Crippen LogP contribution in [0.25, 0.3) is 0 Å². The van der Waals surface area contributed by atoms with Crippen LogP contribution in [0.5, 0.6) is 5.75 Å². The van der Waals surface area contributed by atoms with Crippen LogP contribution < -0.4 is 9.46 Å². The fourth-order valence-electron chi connectivity index (χ4n) is 2.39. The molecule has 1 N–H and O–H groups in total. The molecule has 0 bridgehead atoms. The van der Waals surface area contributed by atoms with Gasteiger partial charge in [0.15, 0.2) is 12.1 Å². The number of halogens is 3. The van der Waals surface area contributed by atoms with Crippen LogP contribution in [0.15, 0.2) is 24.5 Å². The maximum Gasteiger partial charge on any atom is 0.422 e. The van der Waals surface area contributed by atoms with Gasteiger partial charge in [-0.2, -0.15) is 13.2 Å². The second-order valence-electron chi connectivity index (χ2n) is 8.39. The second-order valence-corrected chi connectivity index (χ2v) is 10.4. The largest absolute Gasteiger partial charge is 0.483 e. The number of methoxy groups -OCH3 is 1. The molecule has 0 aromatic carbocycles. The summed E-state index contributed by atoms with van der Waals surface area (Å²) in [5.41, 5.74) is -0.530. The van der Waals surface area contributed by atoms with Crippen molar-refractivity contribution in [3.05, 3.63) is 35.9 Å². The fourth-order valence-corrected chi connectivity index (χ4v) is 3.20. The number of pyridine rings is 1. The standard InChI is InChI=1S/C19H26F3N5O4S/c1-17(2,3)32(29)25-15(13-8-7-12(9-23-13)31-11-19(20,21)22)14-10-27(26-24-14)18(4,5)16(28)30-6/h7-10,15,25H,11H2,1-6H3/t15-,32-/m0/s1. The van der Waals surface area contributed by atoms with Crippen LogP contribution in [-0.4, -0.2) is 54.8 Å². The summed E-state index contributed by atoms with van der Waals surface area (Å²) in [6.45, 7) is 7.06. The Kier molecular flexibility index (Phi) is 7.66. The molecule has 2 heterocycles. The Balaban J connectivity index is 2.38. The van der Waals surface area contributed by atoms with Crippen molar-refractivity contribution in [1.82, 2.24) is 24.7 Å². The average Bonchev–Trinajstić information content (AvgIpc) is 3.19. The molecule has 0 fully saturated rings. The highest BCUT2D eigenvalue weighted by molar-refractivity contribution is 7.84. The number of hydrogen-bond acceptors (Lipinski definition) is 7. The summed E-state index contributed by atoms with van der Waals surface area (Å²) >= 11 is 0. The summed E-state index contributed by atoms with van der Waals surface area (Å²) in [5, 5.41) is 8.09. The number of rotatable bonds is 8. The van der Waals surface area contributed by atoms with Gasteiger partial charge in [-0.1, -0.05) is 5.21 Å². The molecule has 0 aliphatic rings. The summed E-state index contributed by atoms with van der Waals surface area (Å²) in [4.78, 5) is 16.2. The first-order valence-corrected chi connectivity index (χ1v) is 10.6. The molecule has 0 saturated heterocycles. The molecule has 0 unspecified atom stereocenters. The Morgan fingerprint density at radius 2 is 1.84 bits per heavy atom. The number of aromatic nitrogens is 4. The van der Waals surface area contributed by atoms with Crippen molar-refractivity contribution in [3.63, 3.8) is 0 Å². The molecule has 2 aromatic rings. The smallest absolute Gasteiger partial charge is 0.422 e. The van der Waals surface area contributed by atoms with Gasteiger partial charge in [-0.3, -0.25) is 4.98 Å². The maximum absolute atomic E-state index is 12.8. The van der Waals surface area contributed by atoms with E-state index in [-0.39, 0.29) is 5.75 Å². The Labute approximate surface area is 186 Å². The van der Waals surface area contributed by atoms with E-state index in [1.54, 1.807) is 34.6 Å². The van der Waals surface area contributed by atoms with Crippen molar-refractivity contribution in [3.8, 4) is 5.75 Å². The number of carbonyl (C=O) groups is 1. The first-order chi connectivity index (χ1) is 14.6. The number of hydrogen-bond donors (Lipinski definition) is 1. The molecule has 9 nitrogen and oxygen atoms in total. The van der Waals surface area contributed by atoms with E-state index >= 15 is 0 Å². The van der Waals surface area contributed by atoms with Crippen molar-refractivity contribution in [1.29, 1.82) is 0 Å². The molecule has 0 aliphatic heterocycles. The van der Waals surface area contributed by atoms with Crippen LogP contribution in [-0.2, 0) is 26.1 Å². The van der Waals surface area contributed by atoms with E-state index in [9.17, 15) is 22.2 Å². The van der Waals surface area contributed by atoms with Crippen molar-refractivity contribution < 1.29 is 31.6 Å². The van der Waals surface area contributed by atoms with E-state index in [2.05, 4.69) is 24.8 Å². The summed E-state index contributed by atoms with van der Waals surface area (Å²) in [7, 11) is -0.295. The molecule has 0 aliphatic carbocycles. The van der Waals surface area contributed by atoms with Crippen LogP contribution in [0.1, 0.15) is 52.0 Å². The van der Waals surface area contributed by atoms with Gasteiger partial charge in [0, 0.05) is 0 Å². The summed E-state index contributed by atoms with van der Waals surface area (Å²) in [5.74, 6) is -0.613. The van der Waals surface area contributed by atoms with Gasteiger partial charge in [0.05, 0.1) is 40.9 Å². The van der Waals surface area contributed by atoms with E-state index in [4.69, 9.17) is 4.74 Å².